The van der Waals surface area contributed by atoms with Crippen LogP contribution in [0.2, 0.25) is 0 Å². The molecule has 11 heteroatoms. The van der Waals surface area contributed by atoms with Gasteiger partial charge in [-0.3, -0.25) is 19.6 Å². The van der Waals surface area contributed by atoms with Gasteiger partial charge in [0, 0.05) is 44.1 Å². The van der Waals surface area contributed by atoms with Crippen molar-refractivity contribution in [2.45, 2.75) is 58.4 Å². The molecular formula is C39H42N4O7. The Bertz CT molecular complexity index is 1910. The molecular weight excluding hydrogens is 636 g/mol. The van der Waals surface area contributed by atoms with E-state index in [4.69, 9.17) is 28.7 Å². The van der Waals surface area contributed by atoms with Crippen molar-refractivity contribution in [3.63, 3.8) is 0 Å². The predicted molar refractivity (Wildman–Crippen MR) is 189 cm³/mol. The van der Waals surface area contributed by atoms with Crippen molar-refractivity contribution in [1.29, 1.82) is 0 Å². The molecule has 2 unspecified atom stereocenters. The third-order valence-electron chi connectivity index (χ3n) is 9.86. The zero-order valence-corrected chi connectivity index (χ0v) is 29.0. The van der Waals surface area contributed by atoms with Crippen LogP contribution in [0.3, 0.4) is 0 Å². The van der Waals surface area contributed by atoms with Crippen LogP contribution in [0.5, 0.6) is 17.2 Å². The van der Waals surface area contributed by atoms with Crippen molar-refractivity contribution < 1.29 is 33.3 Å². The fourth-order valence-corrected chi connectivity index (χ4v) is 7.26. The minimum Gasteiger partial charge on any atom is -0.497 e. The molecule has 5 aliphatic rings. The highest BCUT2D eigenvalue weighted by atomic mass is 16.5. The Morgan fingerprint density at radius 3 is 2.22 bits per heavy atom. The van der Waals surface area contributed by atoms with Crippen molar-refractivity contribution in [3.05, 3.63) is 94.6 Å². The third kappa shape index (κ3) is 6.05. The number of carbonyl (C=O) groups is 2. The average molecular weight is 679 g/mol. The highest BCUT2D eigenvalue weighted by molar-refractivity contribution is 6.04. The number of hydrogen-bond donors (Lipinski definition) is 0. The summed E-state index contributed by atoms with van der Waals surface area (Å²) in [5, 5.41) is 0. The van der Waals surface area contributed by atoms with Crippen molar-refractivity contribution >= 4 is 29.9 Å². The van der Waals surface area contributed by atoms with Crippen LogP contribution < -0.4 is 14.2 Å². The summed E-state index contributed by atoms with van der Waals surface area (Å²) in [5.41, 5.74) is 4.54. The summed E-state index contributed by atoms with van der Waals surface area (Å²) in [7, 11) is 3.14. The number of rotatable bonds is 10. The van der Waals surface area contributed by atoms with Gasteiger partial charge in [-0.25, -0.2) is 0 Å². The maximum absolute atomic E-state index is 13.8. The summed E-state index contributed by atoms with van der Waals surface area (Å²) in [4.78, 5) is 40.2. The molecule has 0 aromatic heterocycles. The van der Waals surface area contributed by atoms with E-state index < -0.39 is 5.41 Å². The van der Waals surface area contributed by atoms with E-state index >= 15 is 0 Å². The number of methoxy groups -OCH3 is 2. The number of benzene rings is 2. The van der Waals surface area contributed by atoms with Crippen molar-refractivity contribution in [3.8, 4) is 17.2 Å². The molecule has 0 saturated carbocycles. The Morgan fingerprint density at radius 1 is 0.840 bits per heavy atom. The monoisotopic (exact) mass is 678 g/mol. The first-order valence-electron chi connectivity index (χ1n) is 16.9. The largest absolute Gasteiger partial charge is 0.497 e. The van der Waals surface area contributed by atoms with Gasteiger partial charge >= 0.3 is 0 Å². The standard InChI is InChI=1S/C39H42N4O7/c1-7-48-29-11-25(21-49-33-14-31-30(13-32(33)46-5)37(44)42-19-23(2)8-27(42)17-40-31)10-26(12-29)22-50-34-15-36-39(4,16-35(34)47-6)38(45)43-20-24(3)9-28(43)18-41-36/h10-15,17-18,27-28H,2-3,7-9,16,19-22H2,1,4-6H3/t27?,28-,39?/m0/s1. The Morgan fingerprint density at radius 2 is 1.52 bits per heavy atom. The van der Waals surface area contributed by atoms with Crippen LogP contribution >= 0.6 is 0 Å². The van der Waals surface area contributed by atoms with Gasteiger partial charge in [-0.1, -0.05) is 24.3 Å². The SMILES string of the molecule is C=C1CC2C=Nc3cc(OCc4cc(COC5=C(OC)CC6(C)C(=O)N7CC(=C)C[C@H]7C=NC6=C5)cc(OCC)c4)c(OC)cc3C(=O)N2C1. The number of aliphatic imine (C=N–C) groups is 2. The quantitative estimate of drug-likeness (QED) is 0.281. The van der Waals surface area contributed by atoms with Crippen molar-refractivity contribution in [1.82, 2.24) is 9.80 Å². The lowest BCUT2D eigenvalue weighted by Crippen LogP contribution is -2.45. The van der Waals surface area contributed by atoms with Gasteiger partial charge in [-0.05, 0) is 62.1 Å². The molecule has 4 aliphatic heterocycles. The van der Waals surface area contributed by atoms with E-state index in [0.29, 0.717) is 78.3 Å². The first-order chi connectivity index (χ1) is 24.1. The van der Waals surface area contributed by atoms with Crippen LogP contribution in [0.1, 0.15) is 54.6 Å². The van der Waals surface area contributed by atoms with Crippen LogP contribution in [0.25, 0.3) is 0 Å². The smallest absolute Gasteiger partial charge is 0.257 e. The minimum atomic E-state index is -0.866. The lowest BCUT2D eigenvalue weighted by molar-refractivity contribution is -0.139. The second-order valence-corrected chi connectivity index (χ2v) is 13.5. The summed E-state index contributed by atoms with van der Waals surface area (Å²) in [5.74, 6) is 2.62. The molecule has 2 aromatic rings. The van der Waals surface area contributed by atoms with Crippen LogP contribution in [0.15, 0.2) is 87.9 Å². The van der Waals surface area contributed by atoms with Crippen LogP contribution in [-0.2, 0) is 27.5 Å². The van der Waals surface area contributed by atoms with Gasteiger partial charge in [-0.15, -0.1) is 0 Å². The Hall–Kier alpha value is -5.32. The van der Waals surface area contributed by atoms with Gasteiger partial charge in [0.2, 0.25) is 5.91 Å². The summed E-state index contributed by atoms with van der Waals surface area (Å²) in [6.45, 7) is 13.9. The van der Waals surface area contributed by atoms with Crippen LogP contribution in [-0.4, -0.2) is 80.0 Å². The van der Waals surface area contributed by atoms with E-state index in [1.165, 1.54) is 0 Å². The number of amides is 2. The Kier molecular flexibility index (Phi) is 8.75. The molecule has 2 fully saturated rings. The third-order valence-corrected chi connectivity index (χ3v) is 9.86. The molecule has 2 saturated heterocycles. The Balaban J connectivity index is 1.10. The van der Waals surface area contributed by atoms with Gasteiger partial charge in [-0.2, -0.15) is 0 Å². The van der Waals surface area contributed by atoms with E-state index in [2.05, 4.69) is 18.2 Å². The zero-order valence-electron chi connectivity index (χ0n) is 29.0. The highest BCUT2D eigenvalue weighted by Gasteiger charge is 2.49. The van der Waals surface area contributed by atoms with Crippen LogP contribution in [0, 0.1) is 5.41 Å². The molecule has 260 valence electrons. The van der Waals surface area contributed by atoms with Gasteiger partial charge in [0.1, 0.15) is 24.7 Å². The van der Waals surface area contributed by atoms with E-state index in [1.54, 1.807) is 31.3 Å². The Labute approximate surface area is 292 Å². The molecule has 3 atom stereocenters. The molecule has 7 rings (SSSR count). The van der Waals surface area contributed by atoms with Gasteiger partial charge in [0.05, 0.1) is 55.3 Å². The number of nitrogens with zero attached hydrogens (tertiary/aromatic N) is 4. The van der Waals surface area contributed by atoms with Gasteiger partial charge in [0.15, 0.2) is 17.3 Å². The summed E-state index contributed by atoms with van der Waals surface area (Å²) >= 11 is 0. The molecule has 2 aromatic carbocycles. The molecule has 0 bridgehead atoms. The van der Waals surface area contributed by atoms with Gasteiger partial charge in [0.25, 0.3) is 5.91 Å². The zero-order chi connectivity index (χ0) is 35.2. The number of ether oxygens (including phenoxy) is 5. The highest BCUT2D eigenvalue weighted by Crippen LogP contribution is 2.46. The molecule has 1 aliphatic carbocycles. The number of hydrogen-bond acceptors (Lipinski definition) is 9. The van der Waals surface area contributed by atoms with Crippen molar-refractivity contribution in [2.75, 3.05) is 33.9 Å². The maximum Gasteiger partial charge on any atom is 0.257 e. The summed E-state index contributed by atoms with van der Waals surface area (Å²) in [6.07, 6.45) is 7.24. The molecule has 2 amide bonds. The van der Waals surface area contributed by atoms with E-state index in [1.807, 2.05) is 55.5 Å². The summed E-state index contributed by atoms with van der Waals surface area (Å²) in [6, 6.07) is 9.09. The molecule has 0 spiro atoms. The average Bonchev–Trinajstić information content (AvgIpc) is 3.62. The first kappa shape index (κ1) is 33.2. The predicted octanol–water partition coefficient (Wildman–Crippen LogP) is 6.07. The molecule has 11 nitrogen and oxygen atoms in total. The molecule has 0 N–H and O–H groups in total. The number of fused-ring (bicyclic) bond motifs is 4. The fourth-order valence-electron chi connectivity index (χ4n) is 7.26. The van der Waals surface area contributed by atoms with E-state index in [-0.39, 0.29) is 37.1 Å². The lowest BCUT2D eigenvalue weighted by Gasteiger charge is -2.35. The topological polar surface area (TPSA) is 111 Å². The van der Waals surface area contributed by atoms with E-state index in [9.17, 15) is 9.59 Å². The second-order valence-electron chi connectivity index (χ2n) is 13.5. The van der Waals surface area contributed by atoms with E-state index in [0.717, 1.165) is 28.7 Å². The maximum atomic E-state index is 13.8. The molecule has 4 heterocycles. The number of allylic oxidation sites excluding steroid dienone is 2. The normalized spacial score (nSPS) is 23.9. The fraction of sp³-hybridized carbons (Fsp3) is 0.385. The summed E-state index contributed by atoms with van der Waals surface area (Å²) < 4.78 is 30.0. The molecule has 50 heavy (non-hydrogen) atoms. The van der Waals surface area contributed by atoms with Crippen molar-refractivity contribution in [2.24, 2.45) is 15.4 Å². The van der Waals surface area contributed by atoms with Gasteiger partial charge < -0.3 is 33.5 Å². The second kappa shape index (κ2) is 13.2. The van der Waals surface area contributed by atoms with Crippen LogP contribution in [0.4, 0.5) is 5.69 Å². The number of carbonyl (C=O) groups excluding carboxylic acids is 2. The molecule has 0 radical (unpaired) electrons. The lowest BCUT2D eigenvalue weighted by atomic mass is 9.78. The first-order valence-corrected chi connectivity index (χ1v) is 16.9. The minimum absolute atomic E-state index is 0.0173.